The number of morpholine rings is 1. The molecular formula is C13H16ClFN2O2. The maximum atomic E-state index is 13.1. The molecule has 4 nitrogen and oxygen atoms in total. The van der Waals surface area contributed by atoms with Crippen LogP contribution in [0.3, 0.4) is 0 Å². The Morgan fingerprint density at radius 2 is 2.37 bits per heavy atom. The summed E-state index contributed by atoms with van der Waals surface area (Å²) in [5.41, 5.74) is 6.35. The lowest BCUT2D eigenvalue weighted by molar-refractivity contribution is -0.140. The summed E-state index contributed by atoms with van der Waals surface area (Å²) in [6.07, 6.45) is -0.297. The molecule has 1 aromatic rings. The summed E-state index contributed by atoms with van der Waals surface area (Å²) in [5.74, 6) is -0.578. The number of rotatable bonds is 2. The number of amides is 1. The van der Waals surface area contributed by atoms with E-state index in [1.54, 1.807) is 17.9 Å². The maximum absolute atomic E-state index is 13.1. The van der Waals surface area contributed by atoms with E-state index in [0.29, 0.717) is 19.7 Å². The van der Waals surface area contributed by atoms with Crippen molar-refractivity contribution in [3.05, 3.63) is 34.6 Å². The second kappa shape index (κ2) is 5.86. The van der Waals surface area contributed by atoms with Gasteiger partial charge in [-0.25, -0.2) is 4.39 Å². The van der Waals surface area contributed by atoms with Gasteiger partial charge < -0.3 is 15.4 Å². The summed E-state index contributed by atoms with van der Waals surface area (Å²) in [7, 11) is 0. The van der Waals surface area contributed by atoms with Gasteiger partial charge in [0.2, 0.25) is 5.91 Å². The molecule has 1 amide bonds. The number of nitrogens with zero attached hydrogens (tertiary/aromatic N) is 1. The molecular weight excluding hydrogens is 271 g/mol. The fraction of sp³-hybridized carbons (Fsp3) is 0.462. The third-order valence-electron chi connectivity index (χ3n) is 3.08. The highest BCUT2D eigenvalue weighted by molar-refractivity contribution is 6.30. The molecule has 0 bridgehead atoms. The van der Waals surface area contributed by atoms with Gasteiger partial charge in [-0.05, 0) is 24.6 Å². The molecule has 1 aliphatic rings. The van der Waals surface area contributed by atoms with Crippen molar-refractivity contribution in [1.82, 2.24) is 4.90 Å². The van der Waals surface area contributed by atoms with E-state index in [-0.39, 0.29) is 17.0 Å². The second-order valence-corrected chi connectivity index (χ2v) is 5.01. The van der Waals surface area contributed by atoms with Crippen molar-refractivity contribution in [2.24, 2.45) is 5.73 Å². The van der Waals surface area contributed by atoms with Gasteiger partial charge in [-0.1, -0.05) is 17.7 Å². The topological polar surface area (TPSA) is 55.6 Å². The predicted molar refractivity (Wildman–Crippen MR) is 70.3 cm³/mol. The number of halogens is 2. The summed E-state index contributed by atoms with van der Waals surface area (Å²) in [5, 5.41) is 0.0525. The molecule has 0 spiro atoms. The van der Waals surface area contributed by atoms with Crippen LogP contribution in [0.2, 0.25) is 5.02 Å². The van der Waals surface area contributed by atoms with Gasteiger partial charge in [-0.15, -0.1) is 0 Å². The highest BCUT2D eigenvalue weighted by Crippen LogP contribution is 2.26. The molecule has 2 N–H and O–H groups in total. The van der Waals surface area contributed by atoms with Crippen LogP contribution in [0.5, 0.6) is 0 Å². The molecule has 0 radical (unpaired) electrons. The first-order valence-corrected chi connectivity index (χ1v) is 6.47. The minimum absolute atomic E-state index is 0.0525. The quantitative estimate of drug-likeness (QED) is 0.901. The van der Waals surface area contributed by atoms with Gasteiger partial charge in [-0.3, -0.25) is 4.79 Å². The van der Waals surface area contributed by atoms with E-state index in [4.69, 9.17) is 22.1 Å². The van der Waals surface area contributed by atoms with Crippen molar-refractivity contribution in [3.8, 4) is 0 Å². The zero-order valence-corrected chi connectivity index (χ0v) is 11.4. The molecule has 104 valence electrons. The molecule has 19 heavy (non-hydrogen) atoms. The lowest BCUT2D eigenvalue weighted by atomic mass is 10.1. The Balaban J connectivity index is 2.12. The third kappa shape index (κ3) is 3.23. The van der Waals surface area contributed by atoms with Crippen LogP contribution in [0.25, 0.3) is 0 Å². The molecule has 6 heteroatoms. The Labute approximate surface area is 116 Å². The van der Waals surface area contributed by atoms with Crippen LogP contribution in [-0.2, 0) is 9.53 Å². The van der Waals surface area contributed by atoms with Crippen LogP contribution in [0.15, 0.2) is 18.2 Å². The van der Waals surface area contributed by atoms with E-state index in [1.165, 1.54) is 12.1 Å². The summed E-state index contributed by atoms with van der Waals surface area (Å²) in [4.78, 5) is 13.5. The number of carbonyl (C=O) groups excluding carboxylic acids is 1. The Hall–Kier alpha value is -1.17. The molecule has 1 heterocycles. The number of nitrogens with two attached hydrogens (primary N) is 1. The average molecular weight is 287 g/mol. The van der Waals surface area contributed by atoms with E-state index in [0.717, 1.165) is 5.56 Å². The van der Waals surface area contributed by atoms with Gasteiger partial charge in [0.25, 0.3) is 0 Å². The SMILES string of the molecule is C[C@@H](N)C(=O)N1CCOC(c2ccc(F)c(Cl)c2)C1. The van der Waals surface area contributed by atoms with E-state index < -0.39 is 11.9 Å². The van der Waals surface area contributed by atoms with Crippen molar-refractivity contribution in [2.45, 2.75) is 19.1 Å². The minimum Gasteiger partial charge on any atom is -0.370 e. The van der Waals surface area contributed by atoms with E-state index in [2.05, 4.69) is 0 Å². The molecule has 2 rings (SSSR count). The van der Waals surface area contributed by atoms with Gasteiger partial charge in [-0.2, -0.15) is 0 Å². The number of ether oxygens (including phenoxy) is 1. The number of benzene rings is 1. The largest absolute Gasteiger partial charge is 0.370 e. The van der Waals surface area contributed by atoms with E-state index in [1.807, 2.05) is 0 Å². The first kappa shape index (κ1) is 14.2. The fourth-order valence-corrected chi connectivity index (χ4v) is 2.24. The summed E-state index contributed by atoms with van der Waals surface area (Å²) in [6.45, 7) is 3.01. The highest BCUT2D eigenvalue weighted by atomic mass is 35.5. The van der Waals surface area contributed by atoms with Crippen molar-refractivity contribution in [3.63, 3.8) is 0 Å². The maximum Gasteiger partial charge on any atom is 0.239 e. The smallest absolute Gasteiger partial charge is 0.239 e. The highest BCUT2D eigenvalue weighted by Gasteiger charge is 2.27. The van der Waals surface area contributed by atoms with Crippen LogP contribution in [0.1, 0.15) is 18.6 Å². The first-order valence-electron chi connectivity index (χ1n) is 6.10. The molecule has 2 atom stereocenters. The van der Waals surface area contributed by atoms with Crippen LogP contribution < -0.4 is 5.73 Å². The monoisotopic (exact) mass is 286 g/mol. The van der Waals surface area contributed by atoms with E-state index in [9.17, 15) is 9.18 Å². The van der Waals surface area contributed by atoms with Gasteiger partial charge >= 0.3 is 0 Å². The van der Waals surface area contributed by atoms with Gasteiger partial charge in [0, 0.05) is 6.54 Å². The molecule has 1 aliphatic heterocycles. The van der Waals surface area contributed by atoms with Crippen LogP contribution in [0, 0.1) is 5.82 Å². The summed E-state index contributed by atoms with van der Waals surface area (Å²) in [6, 6.07) is 3.91. The molecule has 0 saturated carbocycles. The normalized spacial score (nSPS) is 21.3. The van der Waals surface area contributed by atoms with E-state index >= 15 is 0 Å². The van der Waals surface area contributed by atoms with Crippen LogP contribution >= 0.6 is 11.6 Å². The zero-order valence-electron chi connectivity index (χ0n) is 10.6. The summed E-state index contributed by atoms with van der Waals surface area (Å²) >= 11 is 5.75. The molecule has 1 saturated heterocycles. The number of hydrogen-bond donors (Lipinski definition) is 1. The zero-order chi connectivity index (χ0) is 14.0. The molecule has 1 unspecified atom stereocenters. The average Bonchev–Trinajstić information content (AvgIpc) is 2.41. The van der Waals surface area contributed by atoms with Crippen molar-refractivity contribution >= 4 is 17.5 Å². The third-order valence-corrected chi connectivity index (χ3v) is 3.37. The minimum atomic E-state index is -0.532. The molecule has 1 fully saturated rings. The standard InChI is InChI=1S/C13H16ClFN2O2/c1-8(16)13(18)17-4-5-19-12(7-17)9-2-3-11(15)10(14)6-9/h2-3,6,8,12H,4-5,7,16H2,1H3/t8-,12?/m1/s1. The fourth-order valence-electron chi connectivity index (χ4n) is 2.05. The van der Waals surface area contributed by atoms with Gasteiger partial charge in [0.1, 0.15) is 11.9 Å². The second-order valence-electron chi connectivity index (χ2n) is 4.61. The number of carbonyl (C=O) groups is 1. The lowest BCUT2D eigenvalue weighted by Crippen LogP contribution is -2.48. The lowest BCUT2D eigenvalue weighted by Gasteiger charge is -2.34. The Morgan fingerprint density at radius 3 is 3.00 bits per heavy atom. The first-order chi connectivity index (χ1) is 8.99. The van der Waals surface area contributed by atoms with Crippen molar-refractivity contribution in [2.75, 3.05) is 19.7 Å². The predicted octanol–water partition coefficient (Wildman–Crippen LogP) is 1.73. The van der Waals surface area contributed by atoms with Crippen LogP contribution in [-0.4, -0.2) is 36.5 Å². The Kier molecular flexibility index (Phi) is 4.39. The summed E-state index contributed by atoms with van der Waals surface area (Å²) < 4.78 is 18.7. The van der Waals surface area contributed by atoms with Crippen LogP contribution in [0.4, 0.5) is 4.39 Å². The molecule has 1 aromatic carbocycles. The molecule has 0 aromatic heterocycles. The van der Waals surface area contributed by atoms with Gasteiger partial charge in [0.05, 0.1) is 24.2 Å². The van der Waals surface area contributed by atoms with Crippen molar-refractivity contribution < 1.29 is 13.9 Å². The molecule has 0 aliphatic carbocycles. The number of hydrogen-bond acceptors (Lipinski definition) is 3. The van der Waals surface area contributed by atoms with Crippen molar-refractivity contribution in [1.29, 1.82) is 0 Å². The van der Waals surface area contributed by atoms with Gasteiger partial charge in [0.15, 0.2) is 0 Å². The Morgan fingerprint density at radius 1 is 1.63 bits per heavy atom. The Bertz CT molecular complexity index is 482.